The van der Waals surface area contributed by atoms with Crippen LogP contribution in [0, 0.1) is 0 Å². The highest BCUT2D eigenvalue weighted by Crippen LogP contribution is 2.18. The number of hydrogen-bond acceptors (Lipinski definition) is 5. The van der Waals surface area contributed by atoms with Gasteiger partial charge in [-0.1, -0.05) is 12.6 Å². The van der Waals surface area contributed by atoms with E-state index in [1.165, 1.54) is 0 Å². The van der Waals surface area contributed by atoms with Crippen LogP contribution in [0.1, 0.15) is 17.3 Å². The Morgan fingerprint density at radius 2 is 1.83 bits per heavy atom. The molecule has 0 aromatic heterocycles. The average molecular weight is 397 g/mol. The van der Waals surface area contributed by atoms with Crippen molar-refractivity contribution in [2.45, 2.75) is 6.92 Å². The molecule has 2 rings (SSSR count). The molecular formula is C22H27N3O4. The number of benzene rings is 2. The van der Waals surface area contributed by atoms with Gasteiger partial charge in [-0.2, -0.15) is 0 Å². The molecule has 0 fully saturated rings. The van der Waals surface area contributed by atoms with E-state index in [4.69, 9.17) is 9.47 Å². The van der Waals surface area contributed by atoms with E-state index in [1.54, 1.807) is 43.5 Å². The molecule has 3 N–H and O–H groups in total. The second-order valence-electron chi connectivity index (χ2n) is 6.50. The van der Waals surface area contributed by atoms with Crippen molar-refractivity contribution in [2.24, 2.45) is 0 Å². The quantitative estimate of drug-likeness (QED) is 0.401. The van der Waals surface area contributed by atoms with Gasteiger partial charge in [-0.25, -0.2) is 0 Å². The minimum absolute atomic E-state index is 0.0935. The Labute approximate surface area is 171 Å². The molecule has 29 heavy (non-hydrogen) atoms. The smallest absolute Gasteiger partial charge is 0.251 e. The summed E-state index contributed by atoms with van der Waals surface area (Å²) in [5.74, 6) is 0.307. The Bertz CT molecular complexity index is 834. The minimum Gasteiger partial charge on any atom is -0.489 e. The zero-order valence-corrected chi connectivity index (χ0v) is 16.8. The van der Waals surface area contributed by atoms with Crippen molar-refractivity contribution in [3.63, 3.8) is 0 Å². The summed E-state index contributed by atoms with van der Waals surface area (Å²) in [6.45, 7) is 7.12. The van der Waals surface area contributed by atoms with Crippen LogP contribution in [0.15, 0.2) is 60.7 Å². The summed E-state index contributed by atoms with van der Waals surface area (Å²) >= 11 is 0. The fraction of sp³-hybridized carbons (Fsp3) is 0.273. The molecule has 0 spiro atoms. The molecule has 7 nitrogen and oxygen atoms in total. The molecule has 0 atom stereocenters. The molecule has 0 saturated heterocycles. The van der Waals surface area contributed by atoms with E-state index < -0.39 is 0 Å². The summed E-state index contributed by atoms with van der Waals surface area (Å²) in [7, 11) is 1.58. The van der Waals surface area contributed by atoms with E-state index in [9.17, 15) is 9.59 Å². The van der Waals surface area contributed by atoms with Crippen LogP contribution >= 0.6 is 0 Å². The first-order chi connectivity index (χ1) is 14.0. The van der Waals surface area contributed by atoms with Gasteiger partial charge >= 0.3 is 0 Å². The first-order valence-electron chi connectivity index (χ1n) is 9.26. The van der Waals surface area contributed by atoms with E-state index in [0.717, 1.165) is 11.3 Å². The molecule has 2 aromatic carbocycles. The lowest BCUT2D eigenvalue weighted by atomic mass is 10.2. The second kappa shape index (κ2) is 11.5. The molecule has 0 saturated carbocycles. The molecule has 7 heteroatoms. The number of amides is 2. The SMILES string of the molecule is C=C(C)COc1cccc(NC(=O)CNc2ccc(C(=O)NCCOC)cc2)c1. The molecule has 0 heterocycles. The third-order valence-corrected chi connectivity index (χ3v) is 3.79. The van der Waals surface area contributed by atoms with E-state index >= 15 is 0 Å². The molecule has 0 radical (unpaired) electrons. The molecule has 154 valence electrons. The number of nitrogens with one attached hydrogen (secondary N) is 3. The lowest BCUT2D eigenvalue weighted by Gasteiger charge is -2.10. The molecule has 0 bridgehead atoms. The highest BCUT2D eigenvalue weighted by atomic mass is 16.5. The van der Waals surface area contributed by atoms with Crippen LogP contribution in [0.3, 0.4) is 0 Å². The van der Waals surface area contributed by atoms with Crippen LogP contribution in [0.2, 0.25) is 0 Å². The maximum absolute atomic E-state index is 12.2. The predicted molar refractivity (Wildman–Crippen MR) is 115 cm³/mol. The van der Waals surface area contributed by atoms with Gasteiger partial charge in [0.15, 0.2) is 0 Å². The van der Waals surface area contributed by atoms with Crippen LogP contribution < -0.4 is 20.7 Å². The molecule has 2 amide bonds. The Morgan fingerprint density at radius 3 is 2.52 bits per heavy atom. The standard InChI is InChI=1S/C22H27N3O4/c1-16(2)15-29-20-6-4-5-19(13-20)25-21(26)14-24-18-9-7-17(8-10-18)22(27)23-11-12-28-3/h4-10,13,24H,1,11-12,14-15H2,2-3H3,(H,23,27)(H,25,26). The first-order valence-corrected chi connectivity index (χ1v) is 9.26. The molecule has 0 aliphatic rings. The predicted octanol–water partition coefficient (Wildman–Crippen LogP) is 3.07. The van der Waals surface area contributed by atoms with Crippen LogP contribution in [0.25, 0.3) is 0 Å². The maximum Gasteiger partial charge on any atom is 0.251 e. The summed E-state index contributed by atoms with van der Waals surface area (Å²) in [5, 5.41) is 8.60. The molecule has 2 aromatic rings. The lowest BCUT2D eigenvalue weighted by molar-refractivity contribution is -0.114. The average Bonchev–Trinajstić information content (AvgIpc) is 2.71. The van der Waals surface area contributed by atoms with Crippen LogP contribution in [0.4, 0.5) is 11.4 Å². The van der Waals surface area contributed by atoms with Crippen molar-refractivity contribution in [3.8, 4) is 5.75 Å². The van der Waals surface area contributed by atoms with Crippen molar-refractivity contribution >= 4 is 23.2 Å². The van der Waals surface area contributed by atoms with Gasteiger partial charge in [0.2, 0.25) is 5.91 Å². The van der Waals surface area contributed by atoms with Crippen molar-refractivity contribution in [3.05, 3.63) is 66.2 Å². The Balaban J connectivity index is 1.81. The zero-order chi connectivity index (χ0) is 21.1. The number of anilines is 2. The zero-order valence-electron chi connectivity index (χ0n) is 16.8. The van der Waals surface area contributed by atoms with E-state index in [1.807, 2.05) is 19.1 Å². The molecular weight excluding hydrogens is 370 g/mol. The van der Waals surface area contributed by atoms with Gasteiger partial charge in [-0.05, 0) is 48.9 Å². The summed E-state index contributed by atoms with van der Waals surface area (Å²) in [6, 6.07) is 14.1. The number of methoxy groups -OCH3 is 1. The van der Waals surface area contributed by atoms with Gasteiger partial charge in [0.25, 0.3) is 5.91 Å². The summed E-state index contributed by atoms with van der Waals surface area (Å²) in [6.07, 6.45) is 0. The van der Waals surface area contributed by atoms with E-state index in [-0.39, 0.29) is 18.4 Å². The van der Waals surface area contributed by atoms with Gasteiger partial charge in [0, 0.05) is 36.7 Å². The van der Waals surface area contributed by atoms with Crippen LogP contribution in [-0.2, 0) is 9.53 Å². The molecule has 0 aliphatic heterocycles. The third kappa shape index (κ3) is 8.06. The minimum atomic E-state index is -0.191. The summed E-state index contributed by atoms with van der Waals surface area (Å²) in [4.78, 5) is 24.1. The Hall–Kier alpha value is -3.32. The lowest BCUT2D eigenvalue weighted by Crippen LogP contribution is -2.26. The van der Waals surface area contributed by atoms with E-state index in [2.05, 4.69) is 22.5 Å². The maximum atomic E-state index is 12.2. The molecule has 0 unspecified atom stereocenters. The second-order valence-corrected chi connectivity index (χ2v) is 6.50. The van der Waals surface area contributed by atoms with Crippen molar-refractivity contribution in [1.29, 1.82) is 0 Å². The fourth-order valence-electron chi connectivity index (χ4n) is 2.37. The van der Waals surface area contributed by atoms with Gasteiger partial charge in [-0.3, -0.25) is 9.59 Å². The largest absolute Gasteiger partial charge is 0.489 e. The first kappa shape index (κ1) is 22.0. The van der Waals surface area contributed by atoms with Gasteiger partial charge in [0.1, 0.15) is 12.4 Å². The number of carbonyl (C=O) groups excluding carboxylic acids is 2. The number of carbonyl (C=O) groups is 2. The highest BCUT2D eigenvalue weighted by molar-refractivity contribution is 5.95. The van der Waals surface area contributed by atoms with Gasteiger partial charge < -0.3 is 25.4 Å². The van der Waals surface area contributed by atoms with E-state index in [0.29, 0.717) is 36.8 Å². The number of rotatable bonds is 11. The van der Waals surface area contributed by atoms with Crippen LogP contribution in [0.5, 0.6) is 5.75 Å². The van der Waals surface area contributed by atoms with Gasteiger partial charge in [-0.15, -0.1) is 0 Å². The fourth-order valence-corrected chi connectivity index (χ4v) is 2.37. The Kier molecular flexibility index (Phi) is 8.72. The topological polar surface area (TPSA) is 88.7 Å². The van der Waals surface area contributed by atoms with Crippen LogP contribution in [-0.4, -0.2) is 45.2 Å². The third-order valence-electron chi connectivity index (χ3n) is 3.79. The highest BCUT2D eigenvalue weighted by Gasteiger charge is 2.06. The van der Waals surface area contributed by atoms with Gasteiger partial charge in [0.05, 0.1) is 13.2 Å². The van der Waals surface area contributed by atoms with Crippen molar-refractivity contribution < 1.29 is 19.1 Å². The summed E-state index contributed by atoms with van der Waals surface area (Å²) in [5.41, 5.74) is 2.86. The molecule has 0 aliphatic carbocycles. The van der Waals surface area contributed by atoms with Crippen molar-refractivity contribution in [1.82, 2.24) is 5.32 Å². The Morgan fingerprint density at radius 1 is 1.07 bits per heavy atom. The van der Waals surface area contributed by atoms with Crippen molar-refractivity contribution in [2.75, 3.05) is 44.0 Å². The number of ether oxygens (including phenoxy) is 2. The summed E-state index contributed by atoms with van der Waals surface area (Å²) < 4.78 is 10.5. The number of hydrogen-bond donors (Lipinski definition) is 3. The normalized spacial score (nSPS) is 10.1. The monoisotopic (exact) mass is 397 g/mol.